The monoisotopic (exact) mass is 367 g/mol. The number of hydrogen-bond acceptors (Lipinski definition) is 4. The summed E-state index contributed by atoms with van der Waals surface area (Å²) in [5.41, 5.74) is 1.98. The van der Waals surface area contributed by atoms with E-state index in [0.29, 0.717) is 6.04 Å². The maximum atomic E-state index is 12.4. The van der Waals surface area contributed by atoms with E-state index < -0.39 is 0 Å². The van der Waals surface area contributed by atoms with Crippen molar-refractivity contribution >= 4 is 11.6 Å². The Morgan fingerprint density at radius 2 is 2.00 bits per heavy atom. The van der Waals surface area contributed by atoms with Crippen LogP contribution in [0.2, 0.25) is 0 Å². The quantitative estimate of drug-likeness (QED) is 0.848. The molecule has 4 rings (SSSR count). The summed E-state index contributed by atoms with van der Waals surface area (Å²) in [6, 6.07) is 8.23. The average Bonchev–Trinajstić information content (AvgIpc) is 3.26. The zero-order chi connectivity index (χ0) is 18.6. The number of aryl methyl sites for hydroxylation is 1. The van der Waals surface area contributed by atoms with Gasteiger partial charge in [0.25, 0.3) is 0 Å². The van der Waals surface area contributed by atoms with Crippen molar-refractivity contribution in [3.05, 3.63) is 30.1 Å². The SMILES string of the molecule is C[C@H](Nc1cccc(-c2nnc3n2CCCCC3)c1)C(=O)NC1CCCC1. The standard InChI is InChI=1S/C21H29N5O/c1-15(21(27)23-17-9-4-5-10-17)22-18-11-7-8-16(14-18)20-25-24-19-12-3-2-6-13-26(19)20/h7-8,11,14-15,17,22H,2-6,9-10,12-13H2,1H3,(H,23,27)/t15-/m0/s1. The van der Waals surface area contributed by atoms with Gasteiger partial charge in [-0.3, -0.25) is 4.79 Å². The third-order valence-electron chi connectivity index (χ3n) is 5.71. The van der Waals surface area contributed by atoms with E-state index >= 15 is 0 Å². The lowest BCUT2D eigenvalue weighted by Gasteiger charge is -2.19. The number of carbonyl (C=O) groups is 1. The van der Waals surface area contributed by atoms with Gasteiger partial charge < -0.3 is 15.2 Å². The number of aromatic nitrogens is 3. The molecule has 0 radical (unpaired) electrons. The van der Waals surface area contributed by atoms with Gasteiger partial charge in [-0.25, -0.2) is 0 Å². The number of nitrogens with zero attached hydrogens (tertiary/aromatic N) is 3. The van der Waals surface area contributed by atoms with E-state index in [4.69, 9.17) is 0 Å². The molecule has 0 bridgehead atoms. The van der Waals surface area contributed by atoms with Crippen molar-refractivity contribution in [2.24, 2.45) is 0 Å². The van der Waals surface area contributed by atoms with Crippen LogP contribution in [0.1, 0.15) is 57.7 Å². The Bertz CT molecular complexity index is 794. The van der Waals surface area contributed by atoms with E-state index in [0.717, 1.165) is 48.7 Å². The minimum absolute atomic E-state index is 0.0728. The lowest BCUT2D eigenvalue weighted by atomic mass is 10.1. The summed E-state index contributed by atoms with van der Waals surface area (Å²) < 4.78 is 2.25. The highest BCUT2D eigenvalue weighted by Crippen LogP contribution is 2.25. The molecular weight excluding hydrogens is 338 g/mol. The maximum absolute atomic E-state index is 12.4. The highest BCUT2D eigenvalue weighted by atomic mass is 16.2. The van der Waals surface area contributed by atoms with E-state index in [1.54, 1.807) is 0 Å². The fourth-order valence-electron chi connectivity index (χ4n) is 4.16. The predicted octanol–water partition coefficient (Wildman–Crippen LogP) is 3.53. The largest absolute Gasteiger partial charge is 0.374 e. The molecule has 2 heterocycles. The fraction of sp³-hybridized carbons (Fsp3) is 0.571. The van der Waals surface area contributed by atoms with Crippen molar-refractivity contribution < 1.29 is 4.79 Å². The number of hydrogen-bond donors (Lipinski definition) is 2. The molecule has 1 atom stereocenters. The average molecular weight is 367 g/mol. The smallest absolute Gasteiger partial charge is 0.242 e. The molecule has 1 saturated carbocycles. The number of benzene rings is 1. The van der Waals surface area contributed by atoms with Crippen LogP contribution in [0.5, 0.6) is 0 Å². The number of rotatable bonds is 5. The first kappa shape index (κ1) is 18.0. The van der Waals surface area contributed by atoms with E-state index in [9.17, 15) is 4.79 Å². The molecule has 0 spiro atoms. The fourth-order valence-corrected chi connectivity index (χ4v) is 4.16. The van der Waals surface area contributed by atoms with Crippen molar-refractivity contribution in [2.75, 3.05) is 5.32 Å². The minimum atomic E-state index is -0.267. The van der Waals surface area contributed by atoms with Crippen LogP contribution >= 0.6 is 0 Å². The van der Waals surface area contributed by atoms with Crippen LogP contribution in [0.25, 0.3) is 11.4 Å². The van der Waals surface area contributed by atoms with Gasteiger partial charge in [-0.15, -0.1) is 10.2 Å². The zero-order valence-corrected chi connectivity index (χ0v) is 16.1. The summed E-state index contributed by atoms with van der Waals surface area (Å²) in [7, 11) is 0. The second-order valence-electron chi connectivity index (χ2n) is 7.84. The van der Waals surface area contributed by atoms with Crippen molar-refractivity contribution in [3.8, 4) is 11.4 Å². The Kier molecular flexibility index (Phi) is 5.41. The van der Waals surface area contributed by atoms with Crippen LogP contribution in [0, 0.1) is 0 Å². The first-order chi connectivity index (χ1) is 13.2. The van der Waals surface area contributed by atoms with Gasteiger partial charge in [-0.1, -0.05) is 31.4 Å². The van der Waals surface area contributed by atoms with Gasteiger partial charge in [-0.2, -0.15) is 0 Å². The highest BCUT2D eigenvalue weighted by Gasteiger charge is 2.21. The third kappa shape index (κ3) is 4.15. The molecule has 6 nitrogen and oxygen atoms in total. The molecule has 2 aliphatic rings. The van der Waals surface area contributed by atoms with Crippen LogP contribution < -0.4 is 10.6 Å². The molecule has 27 heavy (non-hydrogen) atoms. The first-order valence-electron chi connectivity index (χ1n) is 10.3. The molecular formula is C21H29N5O. The predicted molar refractivity (Wildman–Crippen MR) is 106 cm³/mol. The Hall–Kier alpha value is -2.37. The highest BCUT2D eigenvalue weighted by molar-refractivity contribution is 5.84. The van der Waals surface area contributed by atoms with Gasteiger partial charge in [0.05, 0.1) is 0 Å². The number of anilines is 1. The first-order valence-corrected chi connectivity index (χ1v) is 10.3. The summed E-state index contributed by atoms with van der Waals surface area (Å²) in [4.78, 5) is 12.4. The molecule has 2 N–H and O–H groups in total. The summed E-state index contributed by atoms with van der Waals surface area (Å²) in [5.74, 6) is 2.09. The molecule has 1 amide bonds. The molecule has 1 aromatic carbocycles. The van der Waals surface area contributed by atoms with Gasteiger partial charge in [0.1, 0.15) is 11.9 Å². The van der Waals surface area contributed by atoms with Crippen LogP contribution in [0.4, 0.5) is 5.69 Å². The molecule has 2 aromatic rings. The second kappa shape index (κ2) is 8.11. The number of fused-ring (bicyclic) bond motifs is 1. The zero-order valence-electron chi connectivity index (χ0n) is 16.1. The van der Waals surface area contributed by atoms with Gasteiger partial charge >= 0.3 is 0 Å². The molecule has 0 saturated heterocycles. The van der Waals surface area contributed by atoms with Gasteiger partial charge in [0.15, 0.2) is 5.82 Å². The Morgan fingerprint density at radius 3 is 2.85 bits per heavy atom. The number of amides is 1. The van der Waals surface area contributed by atoms with Gasteiger partial charge in [0.2, 0.25) is 5.91 Å². The van der Waals surface area contributed by atoms with Crippen molar-refractivity contribution in [2.45, 2.75) is 76.9 Å². The molecule has 1 aliphatic heterocycles. The van der Waals surface area contributed by atoms with E-state index in [1.807, 2.05) is 19.1 Å². The molecule has 6 heteroatoms. The minimum Gasteiger partial charge on any atom is -0.374 e. The summed E-state index contributed by atoms with van der Waals surface area (Å²) >= 11 is 0. The van der Waals surface area contributed by atoms with Crippen LogP contribution in [-0.4, -0.2) is 32.8 Å². The Balaban J connectivity index is 1.46. The summed E-state index contributed by atoms with van der Waals surface area (Å²) in [6.07, 6.45) is 9.26. The second-order valence-corrected chi connectivity index (χ2v) is 7.84. The molecule has 0 unspecified atom stereocenters. The normalized spacial score (nSPS) is 18.6. The van der Waals surface area contributed by atoms with E-state index in [2.05, 4.69) is 37.5 Å². The Morgan fingerprint density at radius 1 is 1.15 bits per heavy atom. The maximum Gasteiger partial charge on any atom is 0.242 e. The van der Waals surface area contributed by atoms with Crippen LogP contribution in [-0.2, 0) is 17.8 Å². The van der Waals surface area contributed by atoms with Gasteiger partial charge in [-0.05, 0) is 44.7 Å². The number of carbonyl (C=O) groups excluding carboxylic acids is 1. The van der Waals surface area contributed by atoms with Crippen molar-refractivity contribution in [1.29, 1.82) is 0 Å². The van der Waals surface area contributed by atoms with Gasteiger partial charge in [0, 0.05) is 30.3 Å². The van der Waals surface area contributed by atoms with E-state index in [1.165, 1.54) is 32.1 Å². The lowest BCUT2D eigenvalue weighted by Crippen LogP contribution is -2.42. The van der Waals surface area contributed by atoms with Crippen LogP contribution in [0.15, 0.2) is 24.3 Å². The molecule has 144 valence electrons. The Labute approximate surface area is 160 Å². The third-order valence-corrected chi connectivity index (χ3v) is 5.71. The van der Waals surface area contributed by atoms with Crippen molar-refractivity contribution in [3.63, 3.8) is 0 Å². The van der Waals surface area contributed by atoms with Crippen LogP contribution in [0.3, 0.4) is 0 Å². The lowest BCUT2D eigenvalue weighted by molar-refractivity contribution is -0.122. The number of nitrogens with one attached hydrogen (secondary N) is 2. The summed E-state index contributed by atoms with van der Waals surface area (Å²) in [5, 5.41) is 15.3. The summed E-state index contributed by atoms with van der Waals surface area (Å²) in [6.45, 7) is 2.90. The molecule has 1 aromatic heterocycles. The van der Waals surface area contributed by atoms with Crippen molar-refractivity contribution in [1.82, 2.24) is 20.1 Å². The topological polar surface area (TPSA) is 71.8 Å². The molecule has 1 fully saturated rings. The molecule has 1 aliphatic carbocycles. The van der Waals surface area contributed by atoms with E-state index in [-0.39, 0.29) is 11.9 Å².